The molecule has 0 saturated heterocycles. The van der Waals surface area contributed by atoms with Crippen LogP contribution in [-0.2, 0) is 0 Å². The van der Waals surface area contributed by atoms with Crippen LogP contribution in [0.4, 0.5) is 0 Å². The maximum Gasteiger partial charge on any atom is 0.272 e. The quantitative estimate of drug-likeness (QED) is 0.861. The van der Waals surface area contributed by atoms with Gasteiger partial charge in [0.25, 0.3) is 5.91 Å². The van der Waals surface area contributed by atoms with Gasteiger partial charge in [0.05, 0.1) is 7.11 Å². The van der Waals surface area contributed by atoms with E-state index in [1.165, 1.54) is 6.42 Å². The number of hydrogen-bond acceptors (Lipinski definition) is 3. The van der Waals surface area contributed by atoms with E-state index >= 15 is 0 Å². The highest BCUT2D eigenvalue weighted by Crippen LogP contribution is 2.27. The van der Waals surface area contributed by atoms with Gasteiger partial charge in [0.1, 0.15) is 5.69 Å². The van der Waals surface area contributed by atoms with Crippen LogP contribution in [0, 0.1) is 0 Å². The highest BCUT2D eigenvalue weighted by molar-refractivity contribution is 5.98. The molecule has 1 aromatic heterocycles. The maximum absolute atomic E-state index is 12.5. The summed E-state index contributed by atoms with van der Waals surface area (Å²) in [7, 11) is 3.44. The molecule has 0 unspecified atom stereocenters. The normalized spacial score (nSPS) is 14.9. The molecule has 4 nitrogen and oxygen atoms in total. The van der Waals surface area contributed by atoms with Gasteiger partial charge in [-0.3, -0.25) is 4.79 Å². The molecule has 0 bridgehead atoms. The lowest BCUT2D eigenvalue weighted by molar-refractivity contribution is 0.0645. The van der Waals surface area contributed by atoms with Gasteiger partial charge in [-0.1, -0.05) is 18.2 Å². The van der Waals surface area contributed by atoms with Crippen LogP contribution in [0.1, 0.15) is 29.8 Å². The van der Waals surface area contributed by atoms with Crippen molar-refractivity contribution in [1.29, 1.82) is 0 Å². The van der Waals surface area contributed by atoms with E-state index in [2.05, 4.69) is 4.98 Å². The third-order valence-electron chi connectivity index (χ3n) is 4.06. The molecule has 1 aromatic carbocycles. The van der Waals surface area contributed by atoms with Crippen molar-refractivity contribution in [2.75, 3.05) is 14.2 Å². The summed E-state index contributed by atoms with van der Waals surface area (Å²) < 4.78 is 5.32. The molecule has 0 atom stereocenters. The number of fused-ring (bicyclic) bond motifs is 1. The van der Waals surface area contributed by atoms with Crippen LogP contribution in [-0.4, -0.2) is 36.0 Å². The van der Waals surface area contributed by atoms with E-state index in [1.54, 1.807) is 12.0 Å². The van der Waals surface area contributed by atoms with Gasteiger partial charge in [-0.25, -0.2) is 4.98 Å². The highest BCUT2D eigenvalue weighted by Gasteiger charge is 2.27. The zero-order valence-corrected chi connectivity index (χ0v) is 11.8. The Morgan fingerprint density at radius 2 is 2.10 bits per heavy atom. The van der Waals surface area contributed by atoms with Crippen molar-refractivity contribution in [3.63, 3.8) is 0 Å². The van der Waals surface area contributed by atoms with E-state index in [0.29, 0.717) is 17.6 Å². The van der Waals surface area contributed by atoms with Crippen LogP contribution in [0.15, 0.2) is 30.3 Å². The molecule has 0 N–H and O–H groups in total. The van der Waals surface area contributed by atoms with E-state index in [9.17, 15) is 4.79 Å². The summed E-state index contributed by atoms with van der Waals surface area (Å²) in [4.78, 5) is 18.7. The Kier molecular flexibility index (Phi) is 3.30. The van der Waals surface area contributed by atoms with Gasteiger partial charge in [-0.2, -0.15) is 0 Å². The topological polar surface area (TPSA) is 42.4 Å². The van der Waals surface area contributed by atoms with Crippen molar-refractivity contribution >= 4 is 16.7 Å². The van der Waals surface area contributed by atoms with Gasteiger partial charge in [0, 0.05) is 18.5 Å². The van der Waals surface area contributed by atoms with Crippen LogP contribution in [0.2, 0.25) is 0 Å². The SMILES string of the molecule is COc1nc(C(=O)N(C)C2CCC2)cc2ccccc12. The van der Waals surface area contributed by atoms with E-state index in [0.717, 1.165) is 23.6 Å². The smallest absolute Gasteiger partial charge is 0.272 e. The van der Waals surface area contributed by atoms with Crippen molar-refractivity contribution in [3.8, 4) is 5.88 Å². The average molecular weight is 270 g/mol. The number of methoxy groups -OCH3 is 1. The molecular formula is C16H18N2O2. The molecule has 1 fully saturated rings. The molecule has 1 amide bonds. The molecule has 3 rings (SSSR count). The molecule has 0 radical (unpaired) electrons. The molecule has 20 heavy (non-hydrogen) atoms. The van der Waals surface area contributed by atoms with Crippen molar-refractivity contribution in [2.45, 2.75) is 25.3 Å². The minimum absolute atomic E-state index is 0.0289. The summed E-state index contributed by atoms with van der Waals surface area (Å²) in [6, 6.07) is 10.0. The first-order chi connectivity index (χ1) is 9.70. The monoisotopic (exact) mass is 270 g/mol. The van der Waals surface area contributed by atoms with Gasteiger partial charge in [0.15, 0.2) is 0 Å². The van der Waals surface area contributed by atoms with E-state index in [1.807, 2.05) is 37.4 Å². The summed E-state index contributed by atoms with van der Waals surface area (Å²) in [6.07, 6.45) is 3.39. The zero-order valence-electron chi connectivity index (χ0n) is 11.8. The molecule has 1 heterocycles. The molecule has 4 heteroatoms. The summed E-state index contributed by atoms with van der Waals surface area (Å²) in [5, 5.41) is 1.91. The van der Waals surface area contributed by atoms with Crippen molar-refractivity contribution in [1.82, 2.24) is 9.88 Å². The number of pyridine rings is 1. The van der Waals surface area contributed by atoms with Crippen LogP contribution in [0.3, 0.4) is 0 Å². The van der Waals surface area contributed by atoms with Crippen molar-refractivity contribution < 1.29 is 9.53 Å². The van der Waals surface area contributed by atoms with Crippen LogP contribution in [0.5, 0.6) is 5.88 Å². The fourth-order valence-corrected chi connectivity index (χ4v) is 2.55. The number of amides is 1. The zero-order chi connectivity index (χ0) is 14.1. The van der Waals surface area contributed by atoms with Crippen LogP contribution < -0.4 is 4.74 Å². The standard InChI is InChI=1S/C16H18N2O2/c1-18(12-7-5-8-12)16(19)14-10-11-6-3-4-9-13(11)15(17-14)20-2/h3-4,6,9-10,12H,5,7-8H2,1-2H3. The molecule has 1 saturated carbocycles. The average Bonchev–Trinajstić information content (AvgIpc) is 2.43. The minimum atomic E-state index is -0.0289. The highest BCUT2D eigenvalue weighted by atomic mass is 16.5. The second-order valence-corrected chi connectivity index (χ2v) is 5.24. The van der Waals surface area contributed by atoms with Gasteiger partial charge in [0.2, 0.25) is 5.88 Å². The van der Waals surface area contributed by atoms with E-state index in [4.69, 9.17) is 4.74 Å². The number of carbonyl (C=O) groups is 1. The summed E-state index contributed by atoms with van der Waals surface area (Å²) >= 11 is 0. The molecule has 0 spiro atoms. The lowest BCUT2D eigenvalue weighted by Gasteiger charge is -2.34. The van der Waals surface area contributed by atoms with Gasteiger partial charge in [-0.05, 0) is 36.8 Å². The molecule has 1 aliphatic carbocycles. The third kappa shape index (κ3) is 2.11. The Morgan fingerprint density at radius 3 is 2.75 bits per heavy atom. The fourth-order valence-electron chi connectivity index (χ4n) is 2.55. The second-order valence-electron chi connectivity index (χ2n) is 5.24. The van der Waals surface area contributed by atoms with Crippen LogP contribution >= 0.6 is 0 Å². The maximum atomic E-state index is 12.5. The molecular weight excluding hydrogens is 252 g/mol. The second kappa shape index (κ2) is 5.12. The Morgan fingerprint density at radius 1 is 1.35 bits per heavy atom. The number of hydrogen-bond donors (Lipinski definition) is 0. The number of carbonyl (C=O) groups excluding carboxylic acids is 1. The van der Waals surface area contributed by atoms with Crippen molar-refractivity contribution in [2.24, 2.45) is 0 Å². The lowest BCUT2D eigenvalue weighted by Crippen LogP contribution is -2.41. The lowest BCUT2D eigenvalue weighted by atomic mass is 9.91. The number of benzene rings is 1. The Balaban J connectivity index is 2.00. The Hall–Kier alpha value is -2.10. The predicted octanol–water partition coefficient (Wildman–Crippen LogP) is 2.87. The fraction of sp³-hybridized carbons (Fsp3) is 0.375. The van der Waals surface area contributed by atoms with Gasteiger partial charge < -0.3 is 9.64 Å². The summed E-state index contributed by atoms with van der Waals surface area (Å²) in [5.74, 6) is 0.479. The Bertz CT molecular complexity index is 650. The molecule has 104 valence electrons. The molecule has 1 aliphatic rings. The third-order valence-corrected chi connectivity index (χ3v) is 4.06. The number of aromatic nitrogens is 1. The largest absolute Gasteiger partial charge is 0.481 e. The van der Waals surface area contributed by atoms with E-state index < -0.39 is 0 Å². The number of ether oxygens (including phenoxy) is 1. The number of nitrogens with zero attached hydrogens (tertiary/aromatic N) is 2. The summed E-state index contributed by atoms with van der Waals surface area (Å²) in [6.45, 7) is 0. The number of rotatable bonds is 3. The first kappa shape index (κ1) is 12.9. The van der Waals surface area contributed by atoms with E-state index in [-0.39, 0.29) is 5.91 Å². The van der Waals surface area contributed by atoms with Gasteiger partial charge >= 0.3 is 0 Å². The van der Waals surface area contributed by atoms with Crippen molar-refractivity contribution in [3.05, 3.63) is 36.0 Å². The summed E-state index contributed by atoms with van der Waals surface area (Å²) in [5.41, 5.74) is 0.454. The first-order valence-electron chi connectivity index (χ1n) is 6.91. The minimum Gasteiger partial charge on any atom is -0.481 e. The van der Waals surface area contributed by atoms with Crippen LogP contribution in [0.25, 0.3) is 10.8 Å². The predicted molar refractivity (Wildman–Crippen MR) is 78.0 cm³/mol. The molecule has 0 aliphatic heterocycles. The molecule has 2 aromatic rings. The van der Waals surface area contributed by atoms with Gasteiger partial charge in [-0.15, -0.1) is 0 Å². The first-order valence-corrected chi connectivity index (χ1v) is 6.91. The Labute approximate surface area is 118 Å².